The van der Waals surface area contributed by atoms with Gasteiger partial charge in [0.15, 0.2) is 0 Å². The number of nitrogen functional groups attached to an aromatic ring is 1. The van der Waals surface area contributed by atoms with E-state index in [-0.39, 0.29) is 0 Å². The molecule has 0 spiro atoms. The molecular formula is C8H8ClN3. The van der Waals surface area contributed by atoms with Crippen LogP contribution >= 0.6 is 11.6 Å². The maximum absolute atomic E-state index is 5.95. The van der Waals surface area contributed by atoms with Crippen molar-refractivity contribution in [2.24, 2.45) is 7.05 Å². The zero-order chi connectivity index (χ0) is 8.72. The third-order valence-corrected chi connectivity index (χ3v) is 2.23. The molecule has 0 aliphatic rings. The fourth-order valence-corrected chi connectivity index (χ4v) is 1.38. The summed E-state index contributed by atoms with van der Waals surface area (Å²) in [5.74, 6) is 0. The van der Waals surface area contributed by atoms with Crippen molar-refractivity contribution in [2.75, 3.05) is 5.73 Å². The van der Waals surface area contributed by atoms with Crippen LogP contribution in [0.1, 0.15) is 0 Å². The molecule has 2 aromatic rings. The van der Waals surface area contributed by atoms with Gasteiger partial charge >= 0.3 is 0 Å². The Morgan fingerprint density at radius 1 is 1.50 bits per heavy atom. The number of nitrogens with two attached hydrogens (primary N) is 1. The Kier molecular flexibility index (Phi) is 1.48. The van der Waals surface area contributed by atoms with E-state index in [0.717, 1.165) is 10.9 Å². The van der Waals surface area contributed by atoms with Crippen LogP contribution in [0.25, 0.3) is 10.9 Å². The van der Waals surface area contributed by atoms with Gasteiger partial charge in [-0.15, -0.1) is 0 Å². The Morgan fingerprint density at radius 2 is 2.25 bits per heavy atom. The summed E-state index contributed by atoms with van der Waals surface area (Å²) in [5, 5.41) is 5.76. The second-order valence-corrected chi connectivity index (χ2v) is 3.05. The quantitative estimate of drug-likeness (QED) is 0.630. The summed E-state index contributed by atoms with van der Waals surface area (Å²) < 4.78 is 1.63. The smallest absolute Gasteiger partial charge is 0.134 e. The molecule has 2 rings (SSSR count). The average molecular weight is 182 g/mol. The van der Waals surface area contributed by atoms with Gasteiger partial charge in [0, 0.05) is 18.1 Å². The highest BCUT2D eigenvalue weighted by molar-refractivity contribution is 6.34. The number of aromatic nitrogens is 2. The van der Waals surface area contributed by atoms with Gasteiger partial charge in [0.25, 0.3) is 0 Å². The van der Waals surface area contributed by atoms with Gasteiger partial charge in [0.05, 0.1) is 5.52 Å². The summed E-state index contributed by atoms with van der Waals surface area (Å²) in [7, 11) is 1.80. The second kappa shape index (κ2) is 2.38. The van der Waals surface area contributed by atoms with Crippen LogP contribution in [0.4, 0.5) is 5.69 Å². The Morgan fingerprint density at radius 3 is 3.00 bits per heavy atom. The molecule has 0 saturated carbocycles. The number of aryl methyl sites for hydroxylation is 1. The van der Waals surface area contributed by atoms with E-state index in [1.54, 1.807) is 17.8 Å². The number of anilines is 1. The van der Waals surface area contributed by atoms with Crippen molar-refractivity contribution in [3.8, 4) is 0 Å². The highest BCUT2D eigenvalue weighted by atomic mass is 35.5. The normalized spacial score (nSPS) is 10.8. The van der Waals surface area contributed by atoms with E-state index < -0.39 is 0 Å². The topological polar surface area (TPSA) is 43.8 Å². The van der Waals surface area contributed by atoms with Crippen molar-refractivity contribution in [1.82, 2.24) is 9.78 Å². The van der Waals surface area contributed by atoms with Gasteiger partial charge in [0.1, 0.15) is 5.15 Å². The molecule has 0 amide bonds. The van der Waals surface area contributed by atoms with Crippen LogP contribution in [0.3, 0.4) is 0 Å². The molecule has 0 unspecified atom stereocenters. The van der Waals surface area contributed by atoms with Gasteiger partial charge in [0.2, 0.25) is 0 Å². The lowest BCUT2D eigenvalue weighted by molar-refractivity contribution is 0.780. The van der Waals surface area contributed by atoms with Crippen molar-refractivity contribution in [1.29, 1.82) is 0 Å². The molecule has 0 atom stereocenters. The van der Waals surface area contributed by atoms with Crippen molar-refractivity contribution in [3.63, 3.8) is 0 Å². The predicted octanol–water partition coefficient (Wildman–Crippen LogP) is 1.81. The summed E-state index contributed by atoms with van der Waals surface area (Å²) in [4.78, 5) is 0. The van der Waals surface area contributed by atoms with Crippen LogP contribution in [-0.4, -0.2) is 9.78 Å². The first-order valence-electron chi connectivity index (χ1n) is 3.56. The zero-order valence-corrected chi connectivity index (χ0v) is 7.34. The second-order valence-electron chi connectivity index (χ2n) is 2.69. The molecule has 4 heteroatoms. The maximum atomic E-state index is 5.95. The number of halogens is 1. The molecule has 0 aliphatic carbocycles. The van der Waals surface area contributed by atoms with Crippen molar-refractivity contribution < 1.29 is 0 Å². The van der Waals surface area contributed by atoms with Crippen LogP contribution in [0.2, 0.25) is 5.15 Å². The minimum Gasteiger partial charge on any atom is -0.399 e. The molecule has 1 heterocycles. The molecule has 1 aromatic carbocycles. The Bertz CT molecular complexity index is 433. The predicted molar refractivity (Wildman–Crippen MR) is 50.1 cm³/mol. The SMILES string of the molecule is Cn1nc2cc(N)ccc2c1Cl. The number of nitrogens with zero attached hydrogens (tertiary/aromatic N) is 2. The fourth-order valence-electron chi connectivity index (χ4n) is 1.19. The monoisotopic (exact) mass is 181 g/mol. The first-order valence-corrected chi connectivity index (χ1v) is 3.94. The maximum Gasteiger partial charge on any atom is 0.134 e. The molecule has 3 nitrogen and oxygen atoms in total. The van der Waals surface area contributed by atoms with Crippen LogP contribution in [0, 0.1) is 0 Å². The molecule has 0 bridgehead atoms. The fraction of sp³-hybridized carbons (Fsp3) is 0.125. The van der Waals surface area contributed by atoms with Crippen molar-refractivity contribution in [2.45, 2.75) is 0 Å². The third kappa shape index (κ3) is 0.940. The van der Waals surface area contributed by atoms with Crippen LogP contribution in [0.5, 0.6) is 0 Å². The molecule has 0 aliphatic heterocycles. The van der Waals surface area contributed by atoms with Crippen LogP contribution in [0.15, 0.2) is 18.2 Å². The summed E-state index contributed by atoms with van der Waals surface area (Å²) in [5.41, 5.74) is 7.13. The Balaban J connectivity index is 2.87. The third-order valence-electron chi connectivity index (χ3n) is 1.79. The molecule has 0 fully saturated rings. The van der Waals surface area contributed by atoms with E-state index in [9.17, 15) is 0 Å². The number of hydrogen-bond acceptors (Lipinski definition) is 2. The van der Waals surface area contributed by atoms with Crippen LogP contribution in [-0.2, 0) is 7.05 Å². The van der Waals surface area contributed by atoms with Gasteiger partial charge in [-0.3, -0.25) is 4.68 Å². The molecule has 62 valence electrons. The van der Waals surface area contributed by atoms with E-state index in [0.29, 0.717) is 10.8 Å². The van der Waals surface area contributed by atoms with E-state index in [2.05, 4.69) is 5.10 Å². The standard InChI is InChI=1S/C8H8ClN3/c1-12-8(9)6-3-2-5(10)4-7(6)11-12/h2-4H,10H2,1H3. The average Bonchev–Trinajstić information content (AvgIpc) is 2.28. The first kappa shape index (κ1) is 7.43. The van der Waals surface area contributed by atoms with Gasteiger partial charge in [-0.25, -0.2) is 0 Å². The van der Waals surface area contributed by atoms with E-state index in [1.165, 1.54) is 0 Å². The Labute approximate surface area is 74.7 Å². The summed E-state index contributed by atoms with van der Waals surface area (Å²) in [6.45, 7) is 0. The van der Waals surface area contributed by atoms with Crippen molar-refractivity contribution >= 4 is 28.2 Å². The lowest BCUT2D eigenvalue weighted by atomic mass is 10.2. The molecule has 1 aromatic heterocycles. The number of rotatable bonds is 0. The van der Waals surface area contributed by atoms with Crippen LogP contribution < -0.4 is 5.73 Å². The molecule has 0 radical (unpaired) electrons. The summed E-state index contributed by atoms with van der Waals surface area (Å²) in [6, 6.07) is 5.50. The van der Waals surface area contributed by atoms with Crippen molar-refractivity contribution in [3.05, 3.63) is 23.4 Å². The highest BCUT2D eigenvalue weighted by Crippen LogP contribution is 2.23. The first-order chi connectivity index (χ1) is 5.68. The van der Waals surface area contributed by atoms with Gasteiger partial charge in [-0.05, 0) is 18.2 Å². The largest absolute Gasteiger partial charge is 0.399 e. The highest BCUT2D eigenvalue weighted by Gasteiger charge is 2.05. The molecule has 12 heavy (non-hydrogen) atoms. The molecule has 2 N–H and O–H groups in total. The minimum absolute atomic E-state index is 0.644. The van der Waals surface area contributed by atoms with E-state index in [1.807, 2.05) is 12.1 Å². The Hall–Kier alpha value is -1.22. The van der Waals surface area contributed by atoms with Gasteiger partial charge < -0.3 is 5.73 Å². The summed E-state index contributed by atoms with van der Waals surface area (Å²) >= 11 is 5.95. The molecule has 0 saturated heterocycles. The van der Waals surface area contributed by atoms with Gasteiger partial charge in [-0.2, -0.15) is 5.10 Å². The summed E-state index contributed by atoms with van der Waals surface area (Å²) in [6.07, 6.45) is 0. The van der Waals surface area contributed by atoms with Gasteiger partial charge in [-0.1, -0.05) is 11.6 Å². The number of fused-ring (bicyclic) bond motifs is 1. The number of benzene rings is 1. The van der Waals surface area contributed by atoms with E-state index in [4.69, 9.17) is 17.3 Å². The minimum atomic E-state index is 0.644. The lowest BCUT2D eigenvalue weighted by Gasteiger charge is -1.90. The zero-order valence-electron chi connectivity index (χ0n) is 6.58. The molecular weight excluding hydrogens is 174 g/mol. The number of hydrogen-bond donors (Lipinski definition) is 1. The lowest BCUT2D eigenvalue weighted by Crippen LogP contribution is -1.88. The van der Waals surface area contributed by atoms with E-state index >= 15 is 0 Å².